The summed E-state index contributed by atoms with van der Waals surface area (Å²) < 4.78 is 12.2. The maximum atomic E-state index is 6.12. The molecule has 0 spiro atoms. The molecule has 3 rings (SSSR count). The Morgan fingerprint density at radius 1 is 1.14 bits per heavy atom. The number of aromatic nitrogens is 1. The average Bonchev–Trinajstić information content (AvgIpc) is 2.68. The van der Waals surface area contributed by atoms with E-state index in [2.05, 4.69) is 51.7 Å². The molecule has 22 heavy (non-hydrogen) atoms. The Morgan fingerprint density at radius 2 is 1.82 bits per heavy atom. The van der Waals surface area contributed by atoms with Gasteiger partial charge in [-0.25, -0.2) is 4.98 Å². The summed E-state index contributed by atoms with van der Waals surface area (Å²) in [5, 5.41) is 0. The highest BCUT2D eigenvalue weighted by Gasteiger charge is 2.52. The highest BCUT2D eigenvalue weighted by Crippen LogP contribution is 2.36. The molecule has 2 aliphatic heterocycles. The third-order valence-corrected chi connectivity index (χ3v) is 5.35. The van der Waals surface area contributed by atoms with Crippen molar-refractivity contribution in [2.24, 2.45) is 0 Å². The monoisotopic (exact) mass is 302 g/mol. The smallest absolute Gasteiger partial charge is 0.398 e. The number of pyridine rings is 1. The van der Waals surface area contributed by atoms with Crippen LogP contribution in [-0.2, 0) is 9.31 Å². The first-order valence-electron chi connectivity index (χ1n) is 8.39. The molecule has 0 amide bonds. The van der Waals surface area contributed by atoms with Gasteiger partial charge in [0, 0.05) is 12.6 Å². The molecule has 0 radical (unpaired) electrons. The molecule has 1 aromatic heterocycles. The van der Waals surface area contributed by atoms with Crippen molar-refractivity contribution in [1.29, 1.82) is 0 Å². The summed E-state index contributed by atoms with van der Waals surface area (Å²) in [6.45, 7) is 11.7. The van der Waals surface area contributed by atoms with E-state index in [-0.39, 0.29) is 18.3 Å². The summed E-state index contributed by atoms with van der Waals surface area (Å²) in [5.74, 6) is 1.04. The van der Waals surface area contributed by atoms with Crippen LogP contribution in [0.25, 0.3) is 0 Å². The fourth-order valence-electron chi connectivity index (χ4n) is 3.13. The van der Waals surface area contributed by atoms with Gasteiger partial charge in [0.25, 0.3) is 0 Å². The summed E-state index contributed by atoms with van der Waals surface area (Å²) in [4.78, 5) is 7.24. The number of hydrogen-bond donors (Lipinski definition) is 0. The first-order valence-corrected chi connectivity index (χ1v) is 8.39. The first-order chi connectivity index (χ1) is 10.3. The van der Waals surface area contributed by atoms with Crippen molar-refractivity contribution < 1.29 is 9.31 Å². The maximum absolute atomic E-state index is 6.12. The van der Waals surface area contributed by atoms with Crippen LogP contribution in [0, 0.1) is 0 Å². The van der Waals surface area contributed by atoms with Gasteiger partial charge in [0.2, 0.25) is 0 Å². The number of hydrogen-bond acceptors (Lipinski definition) is 4. The van der Waals surface area contributed by atoms with Crippen LogP contribution in [0.4, 0.5) is 5.82 Å². The molecule has 3 heterocycles. The molecule has 2 fully saturated rings. The summed E-state index contributed by atoms with van der Waals surface area (Å²) in [6.07, 6.45) is 3.80. The van der Waals surface area contributed by atoms with Crippen molar-refractivity contribution >= 4 is 18.5 Å². The largest absolute Gasteiger partial charge is 0.514 e. The fraction of sp³-hybridized carbons (Fsp3) is 0.706. The second-order valence-electron chi connectivity index (χ2n) is 7.55. The molecule has 2 aliphatic rings. The summed E-state index contributed by atoms with van der Waals surface area (Å²) in [5.41, 5.74) is 0.218. The Hall–Kier alpha value is -1.07. The Morgan fingerprint density at radius 3 is 2.45 bits per heavy atom. The number of rotatable bonds is 2. The average molecular weight is 302 g/mol. The van der Waals surface area contributed by atoms with Crippen molar-refractivity contribution in [3.8, 4) is 0 Å². The topological polar surface area (TPSA) is 34.6 Å². The number of piperidine rings is 1. The van der Waals surface area contributed by atoms with Gasteiger partial charge in [-0.3, -0.25) is 0 Å². The maximum Gasteiger partial charge on any atom is 0.514 e. The van der Waals surface area contributed by atoms with Gasteiger partial charge in [-0.15, -0.1) is 0 Å². The lowest BCUT2D eigenvalue weighted by Crippen LogP contribution is -2.41. The fourth-order valence-corrected chi connectivity index (χ4v) is 3.13. The third kappa shape index (κ3) is 2.76. The van der Waals surface area contributed by atoms with Crippen molar-refractivity contribution in [2.75, 3.05) is 11.4 Å². The molecule has 1 atom stereocenters. The highest BCUT2D eigenvalue weighted by atomic mass is 16.7. The molecule has 4 nitrogen and oxygen atoms in total. The lowest BCUT2D eigenvalue weighted by molar-refractivity contribution is 0.00578. The van der Waals surface area contributed by atoms with Gasteiger partial charge in [0.15, 0.2) is 0 Å². The van der Waals surface area contributed by atoms with Crippen LogP contribution in [0.3, 0.4) is 0 Å². The second-order valence-corrected chi connectivity index (χ2v) is 7.55. The van der Waals surface area contributed by atoms with Gasteiger partial charge < -0.3 is 14.2 Å². The Balaban J connectivity index is 1.83. The van der Waals surface area contributed by atoms with Gasteiger partial charge >= 0.3 is 7.12 Å². The van der Waals surface area contributed by atoms with E-state index in [1.807, 2.05) is 6.07 Å². The number of anilines is 1. The van der Waals surface area contributed by atoms with Crippen molar-refractivity contribution in [3.05, 3.63) is 18.2 Å². The zero-order chi connectivity index (χ0) is 16.0. The van der Waals surface area contributed by atoms with Crippen LogP contribution in [0.1, 0.15) is 53.9 Å². The van der Waals surface area contributed by atoms with Crippen LogP contribution < -0.4 is 10.5 Å². The third-order valence-electron chi connectivity index (χ3n) is 5.35. The van der Waals surface area contributed by atoms with Gasteiger partial charge in [-0.1, -0.05) is 6.07 Å². The molecule has 0 N–H and O–H groups in total. The summed E-state index contributed by atoms with van der Waals surface area (Å²) in [7, 11) is -0.384. The first kappa shape index (κ1) is 15.8. The van der Waals surface area contributed by atoms with E-state index >= 15 is 0 Å². The Bertz CT molecular complexity index is 531. The van der Waals surface area contributed by atoms with E-state index < -0.39 is 0 Å². The Labute approximate surface area is 134 Å². The minimum Gasteiger partial charge on any atom is -0.398 e. The predicted molar refractivity (Wildman–Crippen MR) is 90.6 cm³/mol. The molecule has 0 bridgehead atoms. The minimum absolute atomic E-state index is 0.326. The molecule has 0 aliphatic carbocycles. The SMILES string of the molecule is C[C@H]1CCCCN1c1cccc(B2OC(C)(C)C(C)(C)O2)n1. The zero-order valence-electron chi connectivity index (χ0n) is 14.4. The van der Waals surface area contributed by atoms with E-state index in [4.69, 9.17) is 14.3 Å². The summed E-state index contributed by atoms with van der Waals surface area (Å²) in [6, 6.07) is 6.70. The standard InChI is InChI=1S/C17H27BN2O2/c1-13-9-6-7-12-20(13)15-11-8-10-14(19-15)18-21-16(2,3)17(4,5)22-18/h8,10-11,13H,6-7,9,12H2,1-5H3/t13-/m0/s1. The molecular formula is C17H27BN2O2. The van der Waals surface area contributed by atoms with Crippen molar-refractivity contribution in [3.63, 3.8) is 0 Å². The van der Waals surface area contributed by atoms with E-state index in [0.29, 0.717) is 6.04 Å². The van der Waals surface area contributed by atoms with E-state index in [1.165, 1.54) is 19.3 Å². The molecule has 1 aromatic rings. The molecular weight excluding hydrogens is 275 g/mol. The summed E-state index contributed by atoms with van der Waals surface area (Å²) >= 11 is 0. The van der Waals surface area contributed by atoms with Crippen LogP contribution in [0.5, 0.6) is 0 Å². The minimum atomic E-state index is -0.384. The van der Waals surface area contributed by atoms with Gasteiger partial charge in [0.05, 0.1) is 16.8 Å². The molecule has 0 unspecified atom stereocenters. The second kappa shape index (κ2) is 5.53. The van der Waals surface area contributed by atoms with Crippen LogP contribution >= 0.6 is 0 Å². The Kier molecular flexibility index (Phi) is 3.98. The molecule has 120 valence electrons. The number of nitrogens with zero attached hydrogens (tertiary/aromatic N) is 2. The van der Waals surface area contributed by atoms with Crippen LogP contribution in [0.2, 0.25) is 0 Å². The van der Waals surface area contributed by atoms with Gasteiger partial charge in [0.1, 0.15) is 5.82 Å². The predicted octanol–water partition coefficient (Wildman–Crippen LogP) is 2.76. The molecule has 2 saturated heterocycles. The van der Waals surface area contributed by atoms with Gasteiger partial charge in [-0.2, -0.15) is 0 Å². The highest BCUT2D eigenvalue weighted by molar-refractivity contribution is 6.61. The lowest BCUT2D eigenvalue weighted by Gasteiger charge is -2.34. The molecule has 5 heteroatoms. The van der Waals surface area contributed by atoms with E-state index in [0.717, 1.165) is 18.0 Å². The van der Waals surface area contributed by atoms with Crippen molar-refractivity contribution in [1.82, 2.24) is 4.98 Å². The molecule has 0 aromatic carbocycles. The van der Waals surface area contributed by atoms with Crippen LogP contribution in [0.15, 0.2) is 18.2 Å². The lowest BCUT2D eigenvalue weighted by atomic mass is 9.84. The quantitative estimate of drug-likeness (QED) is 0.787. The normalized spacial score (nSPS) is 27.2. The zero-order valence-corrected chi connectivity index (χ0v) is 14.4. The van der Waals surface area contributed by atoms with Gasteiger partial charge in [-0.05, 0) is 66.0 Å². The van der Waals surface area contributed by atoms with Crippen LogP contribution in [-0.4, -0.2) is 35.9 Å². The molecule has 0 saturated carbocycles. The van der Waals surface area contributed by atoms with E-state index in [1.54, 1.807) is 0 Å². The van der Waals surface area contributed by atoms with Crippen molar-refractivity contribution in [2.45, 2.75) is 71.1 Å². The van der Waals surface area contributed by atoms with E-state index in [9.17, 15) is 0 Å².